The average molecular weight is 435 g/mol. The maximum Gasteiger partial charge on any atom is 0.269 e. The normalized spacial score (nSPS) is 17.9. The van der Waals surface area contributed by atoms with E-state index in [1.807, 2.05) is 24.3 Å². The van der Waals surface area contributed by atoms with Gasteiger partial charge in [0.15, 0.2) is 0 Å². The molecule has 2 aliphatic rings. The number of carbonyl (C=O) groups is 2. The van der Waals surface area contributed by atoms with Crippen molar-refractivity contribution in [3.8, 4) is 0 Å². The monoisotopic (exact) mass is 434 g/mol. The number of halogens is 1. The van der Waals surface area contributed by atoms with Crippen LogP contribution < -0.4 is 5.32 Å². The second kappa shape index (κ2) is 6.21. The predicted molar refractivity (Wildman–Crippen MR) is 98.1 cm³/mol. The number of benzene rings is 2. The van der Waals surface area contributed by atoms with Gasteiger partial charge in [-0.3, -0.25) is 9.59 Å². The van der Waals surface area contributed by atoms with E-state index in [0.717, 1.165) is 14.3 Å². The predicted octanol–water partition coefficient (Wildman–Crippen LogP) is 2.69. The topological polar surface area (TPSA) is 83.6 Å². The van der Waals surface area contributed by atoms with E-state index in [-0.39, 0.29) is 28.0 Å². The van der Waals surface area contributed by atoms with E-state index in [9.17, 15) is 18.0 Å². The van der Waals surface area contributed by atoms with Crippen LogP contribution in [0.3, 0.4) is 0 Å². The van der Waals surface area contributed by atoms with Crippen LogP contribution in [-0.4, -0.2) is 30.6 Å². The number of hydrogen-bond acceptors (Lipinski definition) is 4. The molecule has 1 saturated carbocycles. The quantitative estimate of drug-likeness (QED) is 0.801. The molecule has 0 unspecified atom stereocenters. The molecule has 2 amide bonds. The number of carbonyl (C=O) groups excluding carboxylic acids is 2. The van der Waals surface area contributed by atoms with Crippen LogP contribution in [0.15, 0.2) is 51.8 Å². The van der Waals surface area contributed by atoms with Gasteiger partial charge in [0.1, 0.15) is 4.90 Å². The van der Waals surface area contributed by atoms with E-state index in [1.165, 1.54) is 18.2 Å². The van der Waals surface area contributed by atoms with Crippen molar-refractivity contribution in [2.24, 2.45) is 0 Å². The highest BCUT2D eigenvalue weighted by molar-refractivity contribution is 9.10. The number of amides is 2. The second-order valence-electron chi connectivity index (χ2n) is 6.36. The summed E-state index contributed by atoms with van der Waals surface area (Å²) in [5.41, 5.74) is 1.27. The molecule has 1 N–H and O–H groups in total. The SMILES string of the molecule is O=C(NCc1cccc(Br)c1)c1ccc2c(c1)S(=O)(=O)N(C1CC1)C2=O. The molecule has 8 heteroatoms. The van der Waals surface area contributed by atoms with Gasteiger partial charge in [-0.1, -0.05) is 28.1 Å². The largest absolute Gasteiger partial charge is 0.348 e. The fourth-order valence-corrected chi connectivity index (χ4v) is 5.28. The van der Waals surface area contributed by atoms with E-state index >= 15 is 0 Å². The highest BCUT2D eigenvalue weighted by Gasteiger charge is 2.48. The Morgan fingerprint density at radius 1 is 1.19 bits per heavy atom. The highest BCUT2D eigenvalue weighted by Crippen LogP contribution is 2.39. The summed E-state index contributed by atoms with van der Waals surface area (Å²) in [4.78, 5) is 24.7. The molecule has 2 aromatic carbocycles. The van der Waals surface area contributed by atoms with Gasteiger partial charge >= 0.3 is 0 Å². The molecule has 134 valence electrons. The van der Waals surface area contributed by atoms with E-state index in [4.69, 9.17) is 0 Å². The van der Waals surface area contributed by atoms with Gasteiger partial charge in [-0.15, -0.1) is 0 Å². The summed E-state index contributed by atoms with van der Waals surface area (Å²) in [5, 5.41) is 2.77. The van der Waals surface area contributed by atoms with Crippen molar-refractivity contribution in [2.45, 2.75) is 30.3 Å². The zero-order chi connectivity index (χ0) is 18.5. The van der Waals surface area contributed by atoms with Gasteiger partial charge in [0.05, 0.1) is 5.56 Å². The van der Waals surface area contributed by atoms with Gasteiger partial charge in [0, 0.05) is 22.6 Å². The summed E-state index contributed by atoms with van der Waals surface area (Å²) in [6.07, 6.45) is 1.39. The van der Waals surface area contributed by atoms with Crippen LogP contribution in [0.2, 0.25) is 0 Å². The van der Waals surface area contributed by atoms with Crippen LogP contribution in [0.4, 0.5) is 0 Å². The summed E-state index contributed by atoms with van der Waals surface area (Å²) in [5.74, 6) is -0.885. The van der Waals surface area contributed by atoms with Crippen LogP contribution in [0, 0.1) is 0 Å². The molecule has 1 heterocycles. The van der Waals surface area contributed by atoms with E-state index in [1.54, 1.807) is 0 Å². The number of nitrogens with zero attached hydrogens (tertiary/aromatic N) is 1. The molecule has 0 aromatic heterocycles. The fraction of sp³-hybridized carbons (Fsp3) is 0.222. The van der Waals surface area contributed by atoms with Crippen LogP contribution in [0.1, 0.15) is 39.1 Å². The van der Waals surface area contributed by atoms with Crippen molar-refractivity contribution in [1.82, 2.24) is 9.62 Å². The third kappa shape index (κ3) is 2.93. The molecule has 6 nitrogen and oxygen atoms in total. The first-order valence-corrected chi connectivity index (χ1v) is 10.4. The molecule has 0 radical (unpaired) electrons. The van der Waals surface area contributed by atoms with Gasteiger partial charge in [-0.2, -0.15) is 0 Å². The first kappa shape index (κ1) is 17.2. The lowest BCUT2D eigenvalue weighted by molar-refractivity contribution is 0.0863. The third-order valence-electron chi connectivity index (χ3n) is 4.43. The van der Waals surface area contributed by atoms with Crippen molar-refractivity contribution in [2.75, 3.05) is 0 Å². The number of fused-ring (bicyclic) bond motifs is 1. The van der Waals surface area contributed by atoms with Gasteiger partial charge in [-0.25, -0.2) is 12.7 Å². The van der Waals surface area contributed by atoms with E-state index in [2.05, 4.69) is 21.2 Å². The Morgan fingerprint density at radius 2 is 1.96 bits per heavy atom. The zero-order valence-electron chi connectivity index (χ0n) is 13.6. The fourth-order valence-electron chi connectivity index (χ4n) is 2.99. The minimum atomic E-state index is -3.86. The Bertz CT molecular complexity index is 1030. The lowest BCUT2D eigenvalue weighted by atomic mass is 10.1. The number of rotatable bonds is 4. The smallest absolute Gasteiger partial charge is 0.269 e. The molecule has 1 fully saturated rings. The van der Waals surface area contributed by atoms with Crippen molar-refractivity contribution >= 4 is 37.8 Å². The molecule has 26 heavy (non-hydrogen) atoms. The molecule has 4 rings (SSSR count). The molecule has 0 spiro atoms. The first-order valence-electron chi connectivity index (χ1n) is 8.13. The lowest BCUT2D eigenvalue weighted by Gasteiger charge is -2.13. The molecular formula is C18H15BrN2O4S. The van der Waals surface area contributed by atoms with Gasteiger partial charge in [0.2, 0.25) is 0 Å². The summed E-state index contributed by atoms with van der Waals surface area (Å²) < 4.78 is 27.1. The van der Waals surface area contributed by atoms with E-state index < -0.39 is 15.9 Å². The van der Waals surface area contributed by atoms with Crippen molar-refractivity contribution in [3.63, 3.8) is 0 Å². The minimum Gasteiger partial charge on any atom is -0.348 e. The van der Waals surface area contributed by atoms with Crippen LogP contribution in [0.5, 0.6) is 0 Å². The Kier molecular flexibility index (Phi) is 4.11. The number of hydrogen-bond donors (Lipinski definition) is 1. The zero-order valence-corrected chi connectivity index (χ0v) is 16.0. The average Bonchev–Trinajstić information content (AvgIpc) is 3.41. The third-order valence-corrected chi connectivity index (χ3v) is 6.80. The molecule has 2 aromatic rings. The molecule has 1 aliphatic heterocycles. The molecule has 0 bridgehead atoms. The van der Waals surface area contributed by atoms with Crippen molar-refractivity contribution in [1.29, 1.82) is 0 Å². The summed E-state index contributed by atoms with van der Waals surface area (Å²) >= 11 is 3.37. The summed E-state index contributed by atoms with van der Waals surface area (Å²) in [7, 11) is -3.86. The highest BCUT2D eigenvalue weighted by atomic mass is 79.9. The maximum absolute atomic E-state index is 12.6. The molecule has 0 saturated heterocycles. The number of sulfonamides is 1. The Balaban J connectivity index is 1.57. The van der Waals surface area contributed by atoms with Crippen molar-refractivity contribution in [3.05, 3.63) is 63.6 Å². The van der Waals surface area contributed by atoms with E-state index in [0.29, 0.717) is 19.4 Å². The first-order chi connectivity index (χ1) is 12.4. The Labute approximate surface area is 159 Å². The van der Waals surface area contributed by atoms with Gasteiger partial charge in [-0.05, 0) is 48.7 Å². The second-order valence-corrected chi connectivity index (χ2v) is 9.06. The maximum atomic E-state index is 12.6. The molecule has 1 aliphatic carbocycles. The van der Waals surface area contributed by atoms with Gasteiger partial charge < -0.3 is 5.32 Å². The van der Waals surface area contributed by atoms with Gasteiger partial charge in [0.25, 0.3) is 21.8 Å². The Hall–Kier alpha value is -2.19. The molecule has 0 atom stereocenters. The van der Waals surface area contributed by atoms with Crippen LogP contribution in [-0.2, 0) is 16.6 Å². The van der Waals surface area contributed by atoms with Crippen LogP contribution >= 0.6 is 15.9 Å². The van der Waals surface area contributed by atoms with Crippen LogP contribution in [0.25, 0.3) is 0 Å². The number of nitrogens with one attached hydrogen (secondary N) is 1. The summed E-state index contributed by atoms with van der Waals surface area (Å²) in [6.45, 7) is 0.315. The molecular weight excluding hydrogens is 420 g/mol. The standard InChI is InChI=1S/C18H15BrN2O4S/c19-13-3-1-2-11(8-13)10-20-17(22)12-4-7-15-16(9-12)26(24,25)21(18(15)23)14-5-6-14/h1-4,7-9,14H,5-6,10H2,(H,20,22). The lowest BCUT2D eigenvalue weighted by Crippen LogP contribution is -2.32. The summed E-state index contributed by atoms with van der Waals surface area (Å²) in [6, 6.07) is 11.5. The minimum absolute atomic E-state index is 0.0792. The Morgan fingerprint density at radius 3 is 2.65 bits per heavy atom. The van der Waals surface area contributed by atoms with Crippen molar-refractivity contribution < 1.29 is 18.0 Å².